The van der Waals surface area contributed by atoms with E-state index in [-0.39, 0.29) is 12.5 Å². The Labute approximate surface area is 160 Å². The number of rotatable bonds is 4. The minimum Gasteiger partial charge on any atom is -0.454 e. The fourth-order valence-corrected chi connectivity index (χ4v) is 2.75. The zero-order chi connectivity index (χ0) is 19.5. The molecule has 0 aliphatic carbocycles. The number of anilines is 3. The summed E-state index contributed by atoms with van der Waals surface area (Å²) in [6.45, 7) is 1.89. The molecule has 2 aromatic carbocycles. The molecular weight excluding hydrogens is 358 g/mol. The summed E-state index contributed by atoms with van der Waals surface area (Å²) in [5, 5.41) is 15.0. The minimum atomic E-state index is -0.429. The zero-order valence-corrected chi connectivity index (χ0v) is 14.9. The number of carbonyl (C=O) groups is 1. The second-order valence-corrected chi connectivity index (χ2v) is 5.99. The number of nitrogens with zero attached hydrogens (tertiary/aromatic N) is 3. The topological polar surface area (TPSA) is 109 Å². The molecule has 0 saturated heterocycles. The van der Waals surface area contributed by atoms with Crippen LogP contribution < -0.4 is 20.1 Å². The van der Waals surface area contributed by atoms with Gasteiger partial charge in [0.2, 0.25) is 6.79 Å². The monoisotopic (exact) mass is 373 g/mol. The number of nitriles is 1. The van der Waals surface area contributed by atoms with Crippen LogP contribution in [0.2, 0.25) is 0 Å². The minimum absolute atomic E-state index is 0.184. The molecule has 3 aromatic rings. The largest absolute Gasteiger partial charge is 0.454 e. The molecule has 2 heterocycles. The van der Waals surface area contributed by atoms with Crippen LogP contribution in [0.1, 0.15) is 21.9 Å². The van der Waals surface area contributed by atoms with E-state index in [1.165, 1.54) is 0 Å². The predicted octanol–water partition coefficient (Wildman–Crippen LogP) is 3.38. The normalized spacial score (nSPS) is 11.6. The smallest absolute Gasteiger partial charge is 0.274 e. The molecule has 0 unspecified atom stereocenters. The maximum absolute atomic E-state index is 12.6. The predicted molar refractivity (Wildman–Crippen MR) is 102 cm³/mol. The Morgan fingerprint density at radius 3 is 2.79 bits per heavy atom. The van der Waals surface area contributed by atoms with E-state index in [0.29, 0.717) is 34.4 Å². The summed E-state index contributed by atoms with van der Waals surface area (Å²) in [5.41, 5.74) is 1.73. The lowest BCUT2D eigenvalue weighted by Crippen LogP contribution is -2.16. The SMILES string of the molecule is Cc1nc(Nc2ccc3c(c2)OCO3)cc(C(=O)Nc2ccccc2C#N)n1. The van der Waals surface area contributed by atoms with Crippen molar-refractivity contribution in [3.63, 3.8) is 0 Å². The van der Waals surface area contributed by atoms with Crippen LogP contribution in [0.15, 0.2) is 48.5 Å². The first-order valence-electron chi connectivity index (χ1n) is 8.45. The third kappa shape index (κ3) is 3.54. The van der Waals surface area contributed by atoms with Crippen molar-refractivity contribution in [2.75, 3.05) is 17.4 Å². The number of ether oxygens (including phenoxy) is 2. The molecule has 138 valence electrons. The second-order valence-electron chi connectivity index (χ2n) is 5.99. The highest BCUT2D eigenvalue weighted by Crippen LogP contribution is 2.35. The number of nitrogens with one attached hydrogen (secondary N) is 2. The molecule has 2 N–H and O–H groups in total. The maximum Gasteiger partial charge on any atom is 0.274 e. The van der Waals surface area contributed by atoms with Crippen molar-refractivity contribution >= 4 is 23.1 Å². The van der Waals surface area contributed by atoms with Crippen molar-refractivity contribution in [1.82, 2.24) is 9.97 Å². The quantitative estimate of drug-likeness (QED) is 0.721. The maximum atomic E-state index is 12.6. The van der Waals surface area contributed by atoms with E-state index in [0.717, 1.165) is 5.69 Å². The Balaban J connectivity index is 1.57. The van der Waals surface area contributed by atoms with Crippen molar-refractivity contribution in [1.29, 1.82) is 5.26 Å². The lowest BCUT2D eigenvalue weighted by molar-refractivity contribution is 0.102. The van der Waals surface area contributed by atoms with E-state index >= 15 is 0 Å². The lowest BCUT2D eigenvalue weighted by atomic mass is 10.2. The first kappa shape index (κ1) is 17.3. The van der Waals surface area contributed by atoms with Gasteiger partial charge < -0.3 is 20.1 Å². The fourth-order valence-electron chi connectivity index (χ4n) is 2.75. The molecule has 1 aliphatic heterocycles. The van der Waals surface area contributed by atoms with Gasteiger partial charge in [0.05, 0.1) is 11.3 Å². The van der Waals surface area contributed by atoms with Crippen LogP contribution in [0.25, 0.3) is 0 Å². The highest BCUT2D eigenvalue weighted by molar-refractivity contribution is 6.04. The number of amides is 1. The summed E-state index contributed by atoms with van der Waals surface area (Å²) < 4.78 is 10.7. The number of hydrogen-bond acceptors (Lipinski definition) is 7. The number of aryl methyl sites for hydroxylation is 1. The van der Waals surface area contributed by atoms with Gasteiger partial charge in [-0.1, -0.05) is 12.1 Å². The Morgan fingerprint density at radius 1 is 1.11 bits per heavy atom. The van der Waals surface area contributed by atoms with Crippen LogP contribution >= 0.6 is 0 Å². The van der Waals surface area contributed by atoms with Crippen molar-refractivity contribution in [3.8, 4) is 17.6 Å². The van der Waals surface area contributed by atoms with Gasteiger partial charge in [0, 0.05) is 17.8 Å². The van der Waals surface area contributed by atoms with E-state index < -0.39 is 5.91 Å². The number of fused-ring (bicyclic) bond motifs is 1. The molecule has 0 radical (unpaired) electrons. The standard InChI is InChI=1S/C20H15N5O3/c1-12-22-16(20(26)25-15-5-3-2-4-13(15)10-21)9-19(23-12)24-14-6-7-17-18(8-14)28-11-27-17/h2-9H,11H2,1H3,(H,25,26)(H,22,23,24). The van der Waals surface area contributed by atoms with Gasteiger partial charge in [-0.05, 0) is 31.2 Å². The van der Waals surface area contributed by atoms with Crippen LogP contribution in [0.4, 0.5) is 17.2 Å². The van der Waals surface area contributed by atoms with Gasteiger partial charge in [0.1, 0.15) is 23.4 Å². The number of benzene rings is 2. The van der Waals surface area contributed by atoms with Gasteiger partial charge in [-0.15, -0.1) is 0 Å². The van der Waals surface area contributed by atoms with E-state index in [9.17, 15) is 4.79 Å². The molecule has 4 rings (SSSR count). The van der Waals surface area contributed by atoms with Gasteiger partial charge in [-0.3, -0.25) is 4.79 Å². The average molecular weight is 373 g/mol. The fraction of sp³-hybridized carbons (Fsp3) is 0.100. The van der Waals surface area contributed by atoms with E-state index in [1.807, 2.05) is 12.1 Å². The molecule has 0 atom stereocenters. The number of carbonyl (C=O) groups excluding carboxylic acids is 1. The van der Waals surface area contributed by atoms with Crippen LogP contribution in [0.5, 0.6) is 11.5 Å². The first-order valence-corrected chi connectivity index (χ1v) is 8.45. The third-order valence-corrected chi connectivity index (χ3v) is 4.01. The van der Waals surface area contributed by atoms with E-state index in [1.54, 1.807) is 49.4 Å². The van der Waals surface area contributed by atoms with Crippen LogP contribution in [-0.2, 0) is 0 Å². The van der Waals surface area contributed by atoms with Crippen molar-refractivity contribution in [2.45, 2.75) is 6.92 Å². The zero-order valence-electron chi connectivity index (χ0n) is 14.9. The van der Waals surface area contributed by atoms with Crippen LogP contribution in [-0.4, -0.2) is 22.7 Å². The summed E-state index contributed by atoms with van der Waals surface area (Å²) in [6, 6.07) is 15.8. The summed E-state index contributed by atoms with van der Waals surface area (Å²) in [4.78, 5) is 21.1. The molecule has 0 fully saturated rings. The second kappa shape index (κ2) is 7.25. The molecule has 8 heteroatoms. The molecule has 0 saturated carbocycles. The third-order valence-electron chi connectivity index (χ3n) is 4.01. The summed E-state index contributed by atoms with van der Waals surface area (Å²) in [6.07, 6.45) is 0. The average Bonchev–Trinajstić information content (AvgIpc) is 3.16. The molecule has 8 nitrogen and oxygen atoms in total. The van der Waals surface area contributed by atoms with Gasteiger partial charge in [-0.25, -0.2) is 9.97 Å². The molecular formula is C20H15N5O3. The first-order chi connectivity index (χ1) is 13.6. The van der Waals surface area contributed by atoms with Crippen LogP contribution in [0, 0.1) is 18.3 Å². The molecule has 0 bridgehead atoms. The molecule has 1 amide bonds. The van der Waals surface area contributed by atoms with Gasteiger partial charge in [0.15, 0.2) is 11.5 Å². The van der Waals surface area contributed by atoms with Gasteiger partial charge >= 0.3 is 0 Å². The summed E-state index contributed by atoms with van der Waals surface area (Å²) >= 11 is 0. The van der Waals surface area contributed by atoms with Crippen molar-refractivity contribution in [3.05, 3.63) is 65.6 Å². The molecule has 1 aliphatic rings. The Morgan fingerprint density at radius 2 is 1.93 bits per heavy atom. The number of aromatic nitrogens is 2. The number of hydrogen-bond donors (Lipinski definition) is 2. The van der Waals surface area contributed by atoms with Crippen molar-refractivity contribution < 1.29 is 14.3 Å². The van der Waals surface area contributed by atoms with E-state index in [4.69, 9.17) is 14.7 Å². The molecule has 1 aromatic heterocycles. The Bertz CT molecular complexity index is 1110. The van der Waals surface area contributed by atoms with Crippen molar-refractivity contribution in [2.24, 2.45) is 0 Å². The molecule has 28 heavy (non-hydrogen) atoms. The lowest BCUT2D eigenvalue weighted by Gasteiger charge is -2.10. The van der Waals surface area contributed by atoms with Gasteiger partial charge in [0.25, 0.3) is 5.91 Å². The van der Waals surface area contributed by atoms with Gasteiger partial charge in [-0.2, -0.15) is 5.26 Å². The highest BCUT2D eigenvalue weighted by atomic mass is 16.7. The Kier molecular flexibility index (Phi) is 4.48. The molecule has 0 spiro atoms. The van der Waals surface area contributed by atoms with Crippen LogP contribution in [0.3, 0.4) is 0 Å². The summed E-state index contributed by atoms with van der Waals surface area (Å²) in [7, 11) is 0. The van der Waals surface area contributed by atoms with E-state index in [2.05, 4.69) is 20.6 Å². The Hall–Kier alpha value is -4.12. The highest BCUT2D eigenvalue weighted by Gasteiger charge is 2.15. The number of para-hydroxylation sites is 1. The summed E-state index contributed by atoms with van der Waals surface area (Å²) in [5.74, 6) is 1.79.